The summed E-state index contributed by atoms with van der Waals surface area (Å²) in [5.74, 6) is -3.70. The van der Waals surface area contributed by atoms with Crippen LogP contribution in [-0.4, -0.2) is 68.7 Å². The fraction of sp³-hybridized carbons (Fsp3) is 0.600. The molecule has 0 saturated carbocycles. The fourth-order valence-corrected chi connectivity index (χ4v) is 2.64. The Morgan fingerprint density at radius 3 is 2.19 bits per heavy atom. The first-order valence-corrected chi connectivity index (χ1v) is 7.89. The molecule has 2 heterocycles. The number of carboxylic acids is 1. The Bertz CT molecular complexity index is 760. The third-order valence-corrected chi connectivity index (χ3v) is 3.51. The highest BCUT2D eigenvalue weighted by molar-refractivity contribution is 5.83. The quantitative estimate of drug-likeness (QED) is 0.502. The van der Waals surface area contributed by atoms with Crippen LogP contribution in [0.2, 0.25) is 0 Å². The smallest absolute Gasteiger partial charge is 0.373 e. The Morgan fingerprint density at radius 1 is 1.07 bits per heavy atom. The Kier molecular flexibility index (Phi) is 6.10. The minimum absolute atomic E-state index is 0.144. The zero-order chi connectivity index (χ0) is 20.3. The van der Waals surface area contributed by atoms with E-state index in [9.17, 15) is 24.3 Å². The van der Waals surface area contributed by atoms with Gasteiger partial charge in [-0.2, -0.15) is 5.10 Å². The Balaban J connectivity index is 2.44. The predicted molar refractivity (Wildman–Crippen MR) is 83.4 cm³/mol. The van der Waals surface area contributed by atoms with E-state index < -0.39 is 54.2 Å². The second-order valence-corrected chi connectivity index (χ2v) is 5.75. The fourth-order valence-electron chi connectivity index (χ4n) is 2.64. The zero-order valence-corrected chi connectivity index (χ0v) is 15.1. The minimum Gasteiger partial charge on any atom is -0.475 e. The Hall–Kier alpha value is -3.02. The van der Waals surface area contributed by atoms with Gasteiger partial charge in [0.25, 0.3) is 0 Å². The van der Waals surface area contributed by atoms with E-state index in [4.69, 9.17) is 18.9 Å². The molecule has 1 saturated heterocycles. The maximum atomic E-state index is 11.5. The molecule has 2 unspecified atom stereocenters. The number of carboxylic acid groups (broad SMARTS) is 1. The average molecular weight is 385 g/mol. The Labute approximate surface area is 153 Å². The van der Waals surface area contributed by atoms with Gasteiger partial charge in [0.1, 0.15) is 18.5 Å². The third kappa shape index (κ3) is 4.78. The summed E-state index contributed by atoms with van der Waals surface area (Å²) >= 11 is 0. The summed E-state index contributed by atoms with van der Waals surface area (Å²) in [6, 6.07) is 0. The predicted octanol–water partition coefficient (Wildman–Crippen LogP) is -0.391. The lowest BCUT2D eigenvalue weighted by Crippen LogP contribution is -2.41. The molecule has 0 amide bonds. The molecule has 148 valence electrons. The number of hydrogen-bond acceptors (Lipinski definition) is 10. The van der Waals surface area contributed by atoms with Gasteiger partial charge >= 0.3 is 23.9 Å². The topological polar surface area (TPSA) is 156 Å². The van der Waals surface area contributed by atoms with Crippen molar-refractivity contribution in [2.75, 3.05) is 6.61 Å². The molecule has 0 spiro atoms. The first-order valence-electron chi connectivity index (χ1n) is 7.89. The van der Waals surface area contributed by atoms with E-state index in [1.54, 1.807) is 0 Å². The van der Waals surface area contributed by atoms with Gasteiger partial charge < -0.3 is 24.1 Å². The maximum Gasteiger partial charge on any atom is 0.373 e. The SMILES string of the molecule is CC(=O)OCC1OC(n2nc(C)nc2C(=O)O)[C@@H](OC(C)=O)[C@H]1OC(C)=O. The van der Waals surface area contributed by atoms with Gasteiger partial charge in [-0.05, 0) is 6.92 Å². The molecular weight excluding hydrogens is 366 g/mol. The van der Waals surface area contributed by atoms with E-state index in [0.29, 0.717) is 0 Å². The van der Waals surface area contributed by atoms with E-state index in [0.717, 1.165) is 18.5 Å². The second kappa shape index (κ2) is 8.12. The normalized spacial score (nSPS) is 24.3. The standard InChI is InChI=1S/C15H19N3O9/c1-6-16-13(15(22)23)18(17-6)14-12(26-9(4)21)11(25-8(3)20)10(27-14)5-24-7(2)19/h10-12,14H,5H2,1-4H3,(H,22,23)/t10?,11-,12-,14?/m0/s1. The molecule has 1 aliphatic rings. The van der Waals surface area contributed by atoms with Crippen LogP contribution in [0.3, 0.4) is 0 Å². The molecule has 1 aromatic heterocycles. The van der Waals surface area contributed by atoms with Crippen molar-refractivity contribution in [3.63, 3.8) is 0 Å². The molecule has 1 fully saturated rings. The van der Waals surface area contributed by atoms with Gasteiger partial charge in [-0.1, -0.05) is 0 Å². The molecule has 2 rings (SSSR count). The van der Waals surface area contributed by atoms with Crippen LogP contribution in [-0.2, 0) is 33.3 Å². The first-order chi connectivity index (χ1) is 12.6. The van der Waals surface area contributed by atoms with Crippen molar-refractivity contribution in [2.45, 2.75) is 52.2 Å². The number of hydrogen-bond donors (Lipinski definition) is 1. The number of aromatic carboxylic acids is 1. The average Bonchev–Trinajstić information content (AvgIpc) is 3.06. The second-order valence-electron chi connectivity index (χ2n) is 5.75. The molecule has 12 heteroatoms. The largest absolute Gasteiger partial charge is 0.475 e. The molecule has 1 aromatic rings. The van der Waals surface area contributed by atoms with Crippen molar-refractivity contribution in [3.8, 4) is 0 Å². The molecule has 0 aliphatic carbocycles. The van der Waals surface area contributed by atoms with Gasteiger partial charge in [0.15, 0.2) is 18.4 Å². The summed E-state index contributed by atoms with van der Waals surface area (Å²) in [5.41, 5.74) is 0. The number of aryl methyl sites for hydroxylation is 1. The molecule has 0 radical (unpaired) electrons. The monoisotopic (exact) mass is 385 g/mol. The number of ether oxygens (including phenoxy) is 4. The minimum atomic E-state index is -1.38. The molecule has 4 atom stereocenters. The van der Waals surface area contributed by atoms with Crippen molar-refractivity contribution >= 4 is 23.9 Å². The number of esters is 3. The number of nitrogens with zero attached hydrogens (tertiary/aromatic N) is 3. The lowest BCUT2D eigenvalue weighted by molar-refractivity contribution is -0.166. The number of carbonyl (C=O) groups excluding carboxylic acids is 3. The van der Waals surface area contributed by atoms with Crippen LogP contribution >= 0.6 is 0 Å². The van der Waals surface area contributed by atoms with E-state index in [-0.39, 0.29) is 12.4 Å². The van der Waals surface area contributed by atoms with Crippen molar-refractivity contribution in [1.82, 2.24) is 14.8 Å². The van der Waals surface area contributed by atoms with Crippen LogP contribution in [0, 0.1) is 6.92 Å². The first kappa shape index (κ1) is 20.3. The van der Waals surface area contributed by atoms with Gasteiger partial charge in [0.2, 0.25) is 5.82 Å². The van der Waals surface area contributed by atoms with Crippen LogP contribution in [0.25, 0.3) is 0 Å². The lowest BCUT2D eigenvalue weighted by Gasteiger charge is -2.23. The maximum absolute atomic E-state index is 11.5. The van der Waals surface area contributed by atoms with Gasteiger partial charge in [-0.15, -0.1) is 0 Å². The van der Waals surface area contributed by atoms with Gasteiger partial charge in [-0.3, -0.25) is 14.4 Å². The number of carbonyl (C=O) groups is 4. The van der Waals surface area contributed by atoms with Crippen molar-refractivity contribution in [2.24, 2.45) is 0 Å². The lowest BCUT2D eigenvalue weighted by atomic mass is 10.1. The Morgan fingerprint density at radius 2 is 1.67 bits per heavy atom. The molecule has 12 nitrogen and oxygen atoms in total. The molecule has 27 heavy (non-hydrogen) atoms. The summed E-state index contributed by atoms with van der Waals surface area (Å²) in [5, 5.41) is 13.3. The summed E-state index contributed by atoms with van der Waals surface area (Å²) in [4.78, 5) is 49.4. The van der Waals surface area contributed by atoms with Crippen molar-refractivity contribution in [1.29, 1.82) is 0 Å². The van der Waals surface area contributed by atoms with Crippen LogP contribution in [0.5, 0.6) is 0 Å². The van der Waals surface area contributed by atoms with E-state index in [1.165, 1.54) is 13.8 Å². The van der Waals surface area contributed by atoms with Crippen molar-refractivity contribution in [3.05, 3.63) is 11.6 Å². The van der Waals surface area contributed by atoms with Crippen LogP contribution < -0.4 is 0 Å². The number of aromatic nitrogens is 3. The molecule has 0 aromatic carbocycles. The summed E-state index contributed by atoms with van der Waals surface area (Å²) < 4.78 is 21.9. The third-order valence-electron chi connectivity index (χ3n) is 3.51. The van der Waals surface area contributed by atoms with Crippen molar-refractivity contribution < 1.29 is 43.2 Å². The molecular formula is C15H19N3O9. The molecule has 0 bridgehead atoms. The van der Waals surface area contributed by atoms with Gasteiger partial charge in [0, 0.05) is 20.8 Å². The number of rotatable bonds is 6. The summed E-state index contributed by atoms with van der Waals surface area (Å²) in [7, 11) is 0. The zero-order valence-electron chi connectivity index (χ0n) is 15.1. The van der Waals surface area contributed by atoms with Gasteiger partial charge in [0.05, 0.1) is 0 Å². The highest BCUT2D eigenvalue weighted by atomic mass is 16.7. The van der Waals surface area contributed by atoms with E-state index >= 15 is 0 Å². The van der Waals surface area contributed by atoms with Gasteiger partial charge in [-0.25, -0.2) is 14.5 Å². The van der Waals surface area contributed by atoms with E-state index in [2.05, 4.69) is 10.1 Å². The van der Waals surface area contributed by atoms with Crippen LogP contribution in [0.1, 0.15) is 43.4 Å². The highest BCUT2D eigenvalue weighted by Gasteiger charge is 2.52. The highest BCUT2D eigenvalue weighted by Crippen LogP contribution is 2.34. The molecule has 1 aliphatic heterocycles. The van der Waals surface area contributed by atoms with E-state index in [1.807, 2.05) is 0 Å². The molecule has 1 N–H and O–H groups in total. The summed E-state index contributed by atoms with van der Waals surface area (Å²) in [6.45, 7) is 4.62. The summed E-state index contributed by atoms with van der Waals surface area (Å²) in [6.07, 6.45) is -4.66. The van der Waals surface area contributed by atoms with Crippen LogP contribution in [0.4, 0.5) is 0 Å². The van der Waals surface area contributed by atoms with Crippen LogP contribution in [0.15, 0.2) is 0 Å².